The number of pyridine rings is 1. The van der Waals surface area contributed by atoms with Crippen LogP contribution in [0.25, 0.3) is 6.08 Å². The minimum Gasteiger partial charge on any atom is -0.493 e. The monoisotopic (exact) mass is 436 g/mol. The van der Waals surface area contributed by atoms with Gasteiger partial charge >= 0.3 is 5.97 Å². The van der Waals surface area contributed by atoms with Crippen LogP contribution in [0.4, 0.5) is 5.82 Å². The highest BCUT2D eigenvalue weighted by molar-refractivity contribution is 8.27. The van der Waals surface area contributed by atoms with E-state index in [1.54, 1.807) is 18.2 Å². The van der Waals surface area contributed by atoms with Crippen molar-refractivity contribution < 1.29 is 24.2 Å². The average molecular weight is 437 g/mol. The van der Waals surface area contributed by atoms with E-state index in [2.05, 4.69) is 4.98 Å². The van der Waals surface area contributed by atoms with Crippen LogP contribution in [0.2, 0.25) is 5.02 Å². The van der Waals surface area contributed by atoms with Crippen molar-refractivity contribution in [1.29, 1.82) is 0 Å². The molecule has 0 unspecified atom stereocenters. The van der Waals surface area contributed by atoms with Crippen molar-refractivity contribution in [2.75, 3.05) is 19.1 Å². The van der Waals surface area contributed by atoms with Gasteiger partial charge in [-0.05, 0) is 29.8 Å². The number of carbonyl (C=O) groups is 2. The molecule has 2 aromatic rings. The third kappa shape index (κ3) is 3.68. The summed E-state index contributed by atoms with van der Waals surface area (Å²) in [5.41, 5.74) is 0.173. The van der Waals surface area contributed by atoms with E-state index in [-0.39, 0.29) is 31.9 Å². The summed E-state index contributed by atoms with van der Waals surface area (Å²) in [4.78, 5) is 30.3. The molecule has 0 radical (unpaired) electrons. The van der Waals surface area contributed by atoms with Crippen LogP contribution in [-0.4, -0.2) is 40.5 Å². The summed E-state index contributed by atoms with van der Waals surface area (Å²) in [7, 11) is 2.76. The Hall–Kier alpha value is -2.62. The Morgan fingerprint density at radius 3 is 2.61 bits per heavy atom. The van der Waals surface area contributed by atoms with E-state index in [0.29, 0.717) is 10.8 Å². The number of methoxy groups -OCH3 is 2. The van der Waals surface area contributed by atoms with Gasteiger partial charge in [0.15, 0.2) is 15.8 Å². The number of aromatic carboxylic acids is 1. The molecule has 0 atom stereocenters. The van der Waals surface area contributed by atoms with Crippen molar-refractivity contribution in [3.63, 3.8) is 0 Å². The quantitative estimate of drug-likeness (QED) is 0.558. The molecular formula is C18H13ClN2O5S2. The van der Waals surface area contributed by atoms with Crippen LogP contribution in [0, 0.1) is 0 Å². The lowest BCUT2D eigenvalue weighted by atomic mass is 10.0. The molecule has 0 saturated carbocycles. The van der Waals surface area contributed by atoms with E-state index in [1.165, 1.54) is 37.5 Å². The van der Waals surface area contributed by atoms with Crippen LogP contribution in [0.15, 0.2) is 35.4 Å². The predicted octanol–water partition coefficient (Wildman–Crippen LogP) is 3.86. The molecule has 1 aliphatic heterocycles. The van der Waals surface area contributed by atoms with Crippen molar-refractivity contribution in [3.8, 4) is 11.5 Å². The lowest BCUT2D eigenvalue weighted by Crippen LogP contribution is -2.28. The van der Waals surface area contributed by atoms with Gasteiger partial charge in [-0.1, -0.05) is 41.6 Å². The number of benzene rings is 1. The van der Waals surface area contributed by atoms with Gasteiger partial charge in [-0.2, -0.15) is 0 Å². The minimum atomic E-state index is -1.21. The summed E-state index contributed by atoms with van der Waals surface area (Å²) in [6.07, 6.45) is 2.87. The Morgan fingerprint density at radius 1 is 1.29 bits per heavy atom. The van der Waals surface area contributed by atoms with Crippen molar-refractivity contribution in [1.82, 2.24) is 4.98 Å². The van der Waals surface area contributed by atoms with Gasteiger partial charge in [0.05, 0.1) is 24.1 Å². The molecule has 3 rings (SSSR count). The van der Waals surface area contributed by atoms with E-state index in [9.17, 15) is 14.7 Å². The highest BCUT2D eigenvalue weighted by Gasteiger charge is 2.34. The molecule has 10 heteroatoms. The molecule has 0 spiro atoms. The summed E-state index contributed by atoms with van der Waals surface area (Å²) in [5.74, 6) is -0.942. The normalized spacial score (nSPS) is 15.2. The van der Waals surface area contributed by atoms with Crippen LogP contribution >= 0.6 is 35.6 Å². The lowest BCUT2D eigenvalue weighted by Gasteiger charge is -2.13. The molecule has 0 bridgehead atoms. The molecule has 1 saturated heterocycles. The van der Waals surface area contributed by atoms with Crippen LogP contribution in [0.3, 0.4) is 0 Å². The molecule has 2 heterocycles. The fourth-order valence-corrected chi connectivity index (χ4v) is 3.97. The summed E-state index contributed by atoms with van der Waals surface area (Å²) < 4.78 is 10.6. The number of ether oxygens (including phenoxy) is 2. The number of nitrogens with zero attached hydrogens (tertiary/aromatic N) is 2. The zero-order valence-corrected chi connectivity index (χ0v) is 17.0. The second-order valence-corrected chi connectivity index (χ2v) is 7.53. The summed E-state index contributed by atoms with van der Waals surface area (Å²) in [6, 6.07) is 6.29. The topological polar surface area (TPSA) is 89.0 Å². The van der Waals surface area contributed by atoms with Gasteiger partial charge in [0.25, 0.3) is 5.91 Å². The SMILES string of the molecule is COc1ccc(/C=C2\SC(=S)N(c3ccc(Cl)cn3)C2=O)c(C(=O)O)c1OC. The van der Waals surface area contributed by atoms with Gasteiger partial charge < -0.3 is 14.6 Å². The molecule has 1 N–H and O–H groups in total. The summed E-state index contributed by atoms with van der Waals surface area (Å²) in [6.45, 7) is 0. The number of halogens is 1. The summed E-state index contributed by atoms with van der Waals surface area (Å²) in [5, 5.41) is 10.1. The number of hydrogen-bond acceptors (Lipinski definition) is 7. The molecule has 1 aromatic carbocycles. The molecule has 28 heavy (non-hydrogen) atoms. The van der Waals surface area contributed by atoms with E-state index < -0.39 is 11.9 Å². The number of thioether (sulfide) groups is 1. The molecule has 1 aromatic heterocycles. The Morgan fingerprint density at radius 2 is 2.04 bits per heavy atom. The second kappa shape index (κ2) is 8.17. The Labute approximate surface area is 174 Å². The van der Waals surface area contributed by atoms with E-state index in [1.807, 2.05) is 0 Å². The second-order valence-electron chi connectivity index (χ2n) is 5.42. The molecule has 7 nitrogen and oxygen atoms in total. The van der Waals surface area contributed by atoms with E-state index in [4.69, 9.17) is 33.3 Å². The fourth-order valence-electron chi connectivity index (χ4n) is 2.59. The van der Waals surface area contributed by atoms with Crippen LogP contribution < -0.4 is 14.4 Å². The van der Waals surface area contributed by atoms with Gasteiger partial charge in [-0.3, -0.25) is 4.79 Å². The molecule has 0 aliphatic carbocycles. The largest absolute Gasteiger partial charge is 0.493 e. The van der Waals surface area contributed by atoms with E-state index in [0.717, 1.165) is 11.8 Å². The number of rotatable bonds is 5. The zero-order chi connectivity index (χ0) is 20.4. The zero-order valence-electron chi connectivity index (χ0n) is 14.6. The van der Waals surface area contributed by atoms with Crippen molar-refractivity contribution in [3.05, 3.63) is 51.5 Å². The Balaban J connectivity index is 2.05. The number of hydrogen-bond donors (Lipinski definition) is 1. The van der Waals surface area contributed by atoms with Crippen molar-refractivity contribution in [2.24, 2.45) is 0 Å². The molecule has 144 valence electrons. The third-order valence-electron chi connectivity index (χ3n) is 3.81. The number of anilines is 1. The Kier molecular flexibility index (Phi) is 5.87. The Bertz CT molecular complexity index is 1010. The fraction of sp³-hybridized carbons (Fsp3) is 0.111. The standard InChI is InChI=1S/C18H13ClN2O5S2/c1-25-11-5-3-9(14(17(23)24)15(11)26-2)7-12-16(22)21(18(27)28-12)13-6-4-10(19)8-20-13/h3-8H,1-2H3,(H,23,24)/b12-7-. The summed E-state index contributed by atoms with van der Waals surface area (Å²) >= 11 is 12.2. The van der Waals surface area contributed by atoms with Crippen molar-refractivity contribution >= 4 is 63.7 Å². The van der Waals surface area contributed by atoms with Crippen LogP contribution in [0.1, 0.15) is 15.9 Å². The maximum absolute atomic E-state index is 12.8. The van der Waals surface area contributed by atoms with Gasteiger partial charge in [0.2, 0.25) is 0 Å². The number of carboxylic acid groups (broad SMARTS) is 1. The first-order valence-electron chi connectivity index (χ1n) is 7.75. The average Bonchev–Trinajstić information content (AvgIpc) is 2.95. The molecule has 1 aliphatic rings. The number of amides is 1. The third-order valence-corrected chi connectivity index (χ3v) is 5.34. The van der Waals surface area contributed by atoms with Crippen LogP contribution in [0.5, 0.6) is 11.5 Å². The minimum absolute atomic E-state index is 0.0681. The van der Waals surface area contributed by atoms with Gasteiger partial charge in [0.1, 0.15) is 11.4 Å². The van der Waals surface area contributed by atoms with Gasteiger partial charge in [0, 0.05) is 6.20 Å². The number of aromatic nitrogens is 1. The highest BCUT2D eigenvalue weighted by atomic mass is 35.5. The first-order chi connectivity index (χ1) is 13.4. The smallest absolute Gasteiger partial charge is 0.340 e. The highest BCUT2D eigenvalue weighted by Crippen LogP contribution is 2.39. The first kappa shape index (κ1) is 20.1. The predicted molar refractivity (Wildman–Crippen MR) is 111 cm³/mol. The van der Waals surface area contributed by atoms with Crippen LogP contribution in [-0.2, 0) is 4.79 Å². The molecular weight excluding hydrogens is 424 g/mol. The lowest BCUT2D eigenvalue weighted by molar-refractivity contribution is -0.113. The van der Waals surface area contributed by atoms with Gasteiger partial charge in [-0.15, -0.1) is 0 Å². The molecule has 1 amide bonds. The number of thiocarbonyl (C=S) groups is 1. The van der Waals surface area contributed by atoms with Crippen molar-refractivity contribution in [2.45, 2.75) is 0 Å². The number of carboxylic acids is 1. The van der Waals surface area contributed by atoms with E-state index >= 15 is 0 Å². The maximum atomic E-state index is 12.8. The molecule has 1 fully saturated rings. The maximum Gasteiger partial charge on any atom is 0.340 e. The first-order valence-corrected chi connectivity index (χ1v) is 9.35. The van der Waals surface area contributed by atoms with Gasteiger partial charge in [-0.25, -0.2) is 14.7 Å². The number of carbonyl (C=O) groups excluding carboxylic acids is 1.